The molecule has 0 spiro atoms. The first-order chi connectivity index (χ1) is 12.2. The molecule has 5 N–H and O–H groups in total. The number of rotatable bonds is 18. The van der Waals surface area contributed by atoms with Crippen molar-refractivity contribution in [3.05, 3.63) is 0 Å². The number of nitrogens with two attached hydrogens (primary N) is 2. The molecule has 0 radical (unpaired) electrons. The highest BCUT2D eigenvalue weighted by atomic mass is 28.3. The number of nitrogens with one attached hydrogen (secondary N) is 1. The highest BCUT2D eigenvalue weighted by Crippen LogP contribution is 2.13. The zero-order chi connectivity index (χ0) is 17.8. The lowest BCUT2D eigenvalue weighted by molar-refractivity contribution is 0.113. The van der Waals surface area contributed by atoms with Crippen molar-refractivity contribution in [3.8, 4) is 0 Å². The Labute approximate surface area is 153 Å². The Hall–Kier alpha value is -0.0631. The molecule has 0 bridgehead atoms. The topological polar surface area (TPSA) is 108 Å². The fraction of sp³-hybridized carbons (Fsp3) is 1.00. The smallest absolute Gasteiger partial charge is 0.199 e. The lowest BCUT2D eigenvalue weighted by Gasteiger charge is -2.27. The standard InChI is InChI=1S/C17H37N3O4Si/c18-6-11-25(19,20-7-5-9-22-13-17-15-24-17)10-4-2-1-3-8-21-12-16-14-23-16/h16-17,20H,1-15,18-19H2. The number of hydrogen-bond acceptors (Lipinski definition) is 7. The van der Waals surface area contributed by atoms with Gasteiger partial charge in [0.25, 0.3) is 0 Å². The van der Waals surface area contributed by atoms with Crippen LogP contribution < -0.4 is 16.1 Å². The number of hydrogen-bond donors (Lipinski definition) is 3. The molecule has 148 valence electrons. The van der Waals surface area contributed by atoms with Gasteiger partial charge in [-0.25, -0.2) is 0 Å². The van der Waals surface area contributed by atoms with Gasteiger partial charge in [0.15, 0.2) is 8.40 Å². The predicted octanol–water partition coefficient (Wildman–Crippen LogP) is 0.717. The van der Waals surface area contributed by atoms with E-state index in [1.165, 1.54) is 19.3 Å². The van der Waals surface area contributed by atoms with Crippen molar-refractivity contribution in [2.24, 2.45) is 11.1 Å². The first kappa shape index (κ1) is 21.2. The predicted molar refractivity (Wildman–Crippen MR) is 101 cm³/mol. The summed E-state index contributed by atoms with van der Waals surface area (Å²) in [6.07, 6.45) is 6.43. The summed E-state index contributed by atoms with van der Waals surface area (Å²) < 4.78 is 21.4. The van der Waals surface area contributed by atoms with Crippen molar-refractivity contribution in [1.82, 2.24) is 4.98 Å². The maximum absolute atomic E-state index is 6.63. The summed E-state index contributed by atoms with van der Waals surface area (Å²) in [5.74, 6) is 0. The van der Waals surface area contributed by atoms with Gasteiger partial charge in [-0.2, -0.15) is 0 Å². The molecular weight excluding hydrogens is 338 g/mol. The minimum absolute atomic E-state index is 0.348. The Bertz CT molecular complexity index is 346. The Morgan fingerprint density at radius 3 is 2.08 bits per heavy atom. The summed E-state index contributed by atoms with van der Waals surface area (Å²) in [5, 5.41) is 6.63. The normalized spacial score (nSPS) is 24.2. The third-order valence-electron chi connectivity index (χ3n) is 4.61. The first-order valence-corrected chi connectivity index (χ1v) is 12.3. The van der Waals surface area contributed by atoms with Crippen molar-refractivity contribution in [3.63, 3.8) is 0 Å². The van der Waals surface area contributed by atoms with Crippen LogP contribution in [-0.4, -0.2) is 73.3 Å². The van der Waals surface area contributed by atoms with Crippen molar-refractivity contribution in [2.45, 2.75) is 56.4 Å². The van der Waals surface area contributed by atoms with Gasteiger partial charge in [-0.1, -0.05) is 19.3 Å². The molecule has 25 heavy (non-hydrogen) atoms. The Morgan fingerprint density at radius 2 is 1.48 bits per heavy atom. The van der Waals surface area contributed by atoms with Crippen molar-refractivity contribution < 1.29 is 18.9 Å². The number of epoxide rings is 2. The second kappa shape index (κ2) is 12.3. The summed E-state index contributed by atoms with van der Waals surface area (Å²) in [7, 11) is -1.90. The van der Waals surface area contributed by atoms with E-state index in [9.17, 15) is 0 Å². The Kier molecular flexibility index (Phi) is 10.5. The van der Waals surface area contributed by atoms with Crippen LogP contribution in [0.1, 0.15) is 32.1 Å². The molecule has 3 unspecified atom stereocenters. The van der Waals surface area contributed by atoms with Crippen LogP contribution >= 0.6 is 0 Å². The number of unbranched alkanes of at least 4 members (excludes halogenated alkanes) is 3. The monoisotopic (exact) mass is 375 g/mol. The van der Waals surface area contributed by atoms with E-state index in [-0.39, 0.29) is 0 Å². The van der Waals surface area contributed by atoms with E-state index in [0.717, 1.165) is 71.1 Å². The van der Waals surface area contributed by atoms with Crippen LogP contribution in [-0.2, 0) is 18.9 Å². The summed E-state index contributed by atoms with van der Waals surface area (Å²) >= 11 is 0. The van der Waals surface area contributed by atoms with Gasteiger partial charge in [-0.15, -0.1) is 0 Å². The molecule has 0 aliphatic carbocycles. The zero-order valence-electron chi connectivity index (χ0n) is 15.5. The Balaban J connectivity index is 1.42. The maximum atomic E-state index is 6.63. The molecule has 0 saturated carbocycles. The molecule has 0 amide bonds. The van der Waals surface area contributed by atoms with E-state index in [4.69, 9.17) is 30.1 Å². The van der Waals surface area contributed by atoms with E-state index in [1.54, 1.807) is 0 Å². The molecule has 7 nitrogen and oxygen atoms in total. The first-order valence-electron chi connectivity index (χ1n) is 9.84. The zero-order valence-corrected chi connectivity index (χ0v) is 16.5. The minimum atomic E-state index is -1.90. The summed E-state index contributed by atoms with van der Waals surface area (Å²) in [6.45, 7) is 6.42. The minimum Gasteiger partial charge on any atom is -0.379 e. The van der Waals surface area contributed by atoms with Crippen LogP contribution in [0.5, 0.6) is 0 Å². The fourth-order valence-corrected chi connectivity index (χ4v) is 5.50. The van der Waals surface area contributed by atoms with Crippen LogP contribution in [0.4, 0.5) is 0 Å². The van der Waals surface area contributed by atoms with E-state index < -0.39 is 8.40 Å². The van der Waals surface area contributed by atoms with Crippen molar-refractivity contribution in [2.75, 3.05) is 52.7 Å². The molecule has 2 aliphatic heterocycles. The molecule has 0 aromatic rings. The van der Waals surface area contributed by atoms with Gasteiger partial charge in [0.1, 0.15) is 12.2 Å². The van der Waals surface area contributed by atoms with Gasteiger partial charge in [-0.3, -0.25) is 0 Å². The van der Waals surface area contributed by atoms with Gasteiger partial charge in [-0.05, 0) is 38.0 Å². The summed E-state index contributed by atoms with van der Waals surface area (Å²) in [6, 6.07) is 2.03. The average Bonchev–Trinajstić information content (AvgIpc) is 3.48. The van der Waals surface area contributed by atoms with E-state index in [1.807, 2.05) is 0 Å². The summed E-state index contributed by atoms with van der Waals surface area (Å²) in [5.41, 5.74) is 5.77. The van der Waals surface area contributed by atoms with Crippen LogP contribution in [0.3, 0.4) is 0 Å². The van der Waals surface area contributed by atoms with E-state index >= 15 is 0 Å². The maximum Gasteiger partial charge on any atom is 0.199 e. The van der Waals surface area contributed by atoms with Gasteiger partial charge >= 0.3 is 0 Å². The third-order valence-corrected chi connectivity index (χ3v) is 7.99. The van der Waals surface area contributed by atoms with Gasteiger partial charge < -0.3 is 35.1 Å². The average molecular weight is 376 g/mol. The molecule has 2 rings (SSSR count). The number of ether oxygens (including phenoxy) is 4. The molecule has 2 heterocycles. The molecule has 0 aromatic heterocycles. The lowest BCUT2D eigenvalue weighted by Crippen LogP contribution is -2.60. The third kappa shape index (κ3) is 11.3. The van der Waals surface area contributed by atoms with Crippen LogP contribution in [0.2, 0.25) is 12.1 Å². The van der Waals surface area contributed by atoms with Crippen molar-refractivity contribution >= 4 is 8.40 Å². The SMILES string of the molecule is NCC[Si](N)(CCCCCCOCC1CO1)NCCCOCC1CO1. The molecule has 3 atom stereocenters. The van der Waals surface area contributed by atoms with Crippen LogP contribution in [0.25, 0.3) is 0 Å². The highest BCUT2D eigenvalue weighted by molar-refractivity contribution is 6.74. The Morgan fingerprint density at radius 1 is 0.880 bits per heavy atom. The summed E-state index contributed by atoms with van der Waals surface area (Å²) in [4.78, 5) is 3.62. The molecule has 2 fully saturated rings. The molecular formula is C17H37N3O4Si. The fourth-order valence-electron chi connectivity index (χ4n) is 2.83. The van der Waals surface area contributed by atoms with E-state index in [2.05, 4.69) is 4.98 Å². The lowest BCUT2D eigenvalue weighted by atomic mass is 10.2. The molecule has 8 heteroatoms. The highest BCUT2D eigenvalue weighted by Gasteiger charge is 2.27. The van der Waals surface area contributed by atoms with E-state index in [0.29, 0.717) is 18.8 Å². The molecule has 2 aliphatic rings. The van der Waals surface area contributed by atoms with Crippen LogP contribution in [0, 0.1) is 0 Å². The van der Waals surface area contributed by atoms with Crippen LogP contribution in [0.15, 0.2) is 0 Å². The van der Waals surface area contributed by atoms with Gasteiger partial charge in [0.2, 0.25) is 0 Å². The second-order valence-corrected chi connectivity index (χ2v) is 10.9. The molecule has 0 aromatic carbocycles. The van der Waals surface area contributed by atoms with Crippen molar-refractivity contribution in [1.29, 1.82) is 0 Å². The largest absolute Gasteiger partial charge is 0.379 e. The molecule has 2 saturated heterocycles. The second-order valence-electron chi connectivity index (χ2n) is 7.20. The van der Waals surface area contributed by atoms with Gasteiger partial charge in [0.05, 0.1) is 26.4 Å². The van der Waals surface area contributed by atoms with Gasteiger partial charge in [0, 0.05) is 13.2 Å². The quantitative estimate of drug-likeness (QED) is 0.184.